The van der Waals surface area contributed by atoms with Crippen LogP contribution in [-0.2, 0) is 14.8 Å². The smallest absolute Gasteiger partial charge is 0.243 e. The fourth-order valence-corrected chi connectivity index (χ4v) is 5.70. The first-order valence-electron chi connectivity index (χ1n) is 9.67. The molecule has 0 aromatic heterocycles. The molecular weight excluding hydrogens is 369 g/mol. The van der Waals surface area contributed by atoms with E-state index in [4.69, 9.17) is 0 Å². The molecule has 3 rings (SSSR count). The Morgan fingerprint density at radius 3 is 2.63 bits per heavy atom. The number of amides is 1. The van der Waals surface area contributed by atoms with Gasteiger partial charge in [0.25, 0.3) is 0 Å². The SMILES string of the molecule is Cc1cc(F)ccc1S(=O)(=O)N1CCCC(CC(=O)NN2CCCCC2)C1. The zero-order valence-electron chi connectivity index (χ0n) is 15.8. The predicted octanol–water partition coefficient (Wildman–Crippen LogP) is 2.44. The Morgan fingerprint density at radius 1 is 1.19 bits per heavy atom. The number of aryl methyl sites for hydroxylation is 1. The van der Waals surface area contributed by atoms with Gasteiger partial charge in [-0.1, -0.05) is 6.42 Å². The lowest BCUT2D eigenvalue weighted by atomic mass is 9.96. The lowest BCUT2D eigenvalue weighted by Crippen LogP contribution is -2.47. The molecule has 8 heteroatoms. The summed E-state index contributed by atoms with van der Waals surface area (Å²) in [6.07, 6.45) is 5.26. The van der Waals surface area contributed by atoms with Crippen molar-refractivity contribution in [1.29, 1.82) is 0 Å². The summed E-state index contributed by atoms with van der Waals surface area (Å²) in [4.78, 5) is 12.5. The third-order valence-electron chi connectivity index (χ3n) is 5.35. The van der Waals surface area contributed by atoms with E-state index in [-0.39, 0.29) is 16.7 Å². The van der Waals surface area contributed by atoms with E-state index in [1.54, 1.807) is 6.92 Å². The van der Waals surface area contributed by atoms with Crippen molar-refractivity contribution >= 4 is 15.9 Å². The van der Waals surface area contributed by atoms with Crippen LogP contribution in [0.5, 0.6) is 0 Å². The molecule has 2 fully saturated rings. The molecule has 1 aromatic carbocycles. The molecule has 1 N–H and O–H groups in total. The fourth-order valence-electron chi connectivity index (χ4n) is 3.94. The van der Waals surface area contributed by atoms with E-state index in [0.717, 1.165) is 38.8 Å². The third kappa shape index (κ3) is 5.06. The summed E-state index contributed by atoms with van der Waals surface area (Å²) >= 11 is 0. The van der Waals surface area contributed by atoms with Crippen molar-refractivity contribution < 1.29 is 17.6 Å². The maximum absolute atomic E-state index is 13.3. The van der Waals surface area contributed by atoms with Crippen molar-refractivity contribution in [2.75, 3.05) is 26.2 Å². The van der Waals surface area contributed by atoms with Crippen LogP contribution in [0.4, 0.5) is 4.39 Å². The topological polar surface area (TPSA) is 69.7 Å². The van der Waals surface area contributed by atoms with E-state index < -0.39 is 15.8 Å². The number of piperidine rings is 2. The molecule has 1 unspecified atom stereocenters. The molecule has 0 saturated carbocycles. The molecule has 150 valence electrons. The highest BCUT2D eigenvalue weighted by Crippen LogP contribution is 2.27. The van der Waals surface area contributed by atoms with Crippen molar-refractivity contribution in [3.8, 4) is 0 Å². The highest BCUT2D eigenvalue weighted by Gasteiger charge is 2.32. The first kappa shape index (κ1) is 20.2. The molecule has 0 radical (unpaired) electrons. The Kier molecular flexibility index (Phi) is 6.49. The number of hydrogen-bond acceptors (Lipinski definition) is 4. The van der Waals surface area contributed by atoms with E-state index in [9.17, 15) is 17.6 Å². The van der Waals surface area contributed by atoms with Gasteiger partial charge in [0.1, 0.15) is 5.82 Å². The standard InChI is InChI=1S/C19H28FN3O3S/c1-15-12-17(20)7-8-18(15)27(25,26)23-11-5-6-16(14-23)13-19(24)21-22-9-3-2-4-10-22/h7-8,12,16H,2-6,9-11,13-14H2,1H3,(H,21,24). The van der Waals surface area contributed by atoms with Gasteiger partial charge in [0.2, 0.25) is 15.9 Å². The van der Waals surface area contributed by atoms with Crippen LogP contribution < -0.4 is 5.43 Å². The van der Waals surface area contributed by atoms with Crippen molar-refractivity contribution in [2.24, 2.45) is 5.92 Å². The minimum atomic E-state index is -3.68. The fraction of sp³-hybridized carbons (Fsp3) is 0.632. The molecule has 1 aromatic rings. The van der Waals surface area contributed by atoms with Gasteiger partial charge in [0, 0.05) is 32.6 Å². The van der Waals surface area contributed by atoms with E-state index in [1.165, 1.54) is 28.9 Å². The molecular formula is C19H28FN3O3S. The number of nitrogens with zero attached hydrogens (tertiary/aromatic N) is 2. The van der Waals surface area contributed by atoms with Gasteiger partial charge >= 0.3 is 0 Å². The largest absolute Gasteiger partial charge is 0.289 e. The van der Waals surface area contributed by atoms with Crippen LogP contribution in [0, 0.1) is 18.7 Å². The van der Waals surface area contributed by atoms with E-state index in [2.05, 4.69) is 5.43 Å². The number of hydrogen-bond donors (Lipinski definition) is 1. The number of sulfonamides is 1. The van der Waals surface area contributed by atoms with Crippen molar-refractivity contribution in [1.82, 2.24) is 14.7 Å². The van der Waals surface area contributed by atoms with Crippen molar-refractivity contribution in [3.05, 3.63) is 29.6 Å². The number of halogens is 1. The molecule has 2 saturated heterocycles. The lowest BCUT2D eigenvalue weighted by molar-refractivity contribution is -0.127. The second kappa shape index (κ2) is 8.67. The van der Waals surface area contributed by atoms with Crippen LogP contribution in [0.2, 0.25) is 0 Å². The van der Waals surface area contributed by atoms with Gasteiger partial charge in [0.15, 0.2) is 0 Å². The minimum Gasteiger partial charge on any atom is -0.289 e. The predicted molar refractivity (Wildman–Crippen MR) is 101 cm³/mol. The number of carbonyl (C=O) groups excluding carboxylic acids is 1. The van der Waals surface area contributed by atoms with Gasteiger partial charge in [-0.25, -0.2) is 17.8 Å². The van der Waals surface area contributed by atoms with Gasteiger partial charge in [-0.3, -0.25) is 10.2 Å². The summed E-state index contributed by atoms with van der Waals surface area (Å²) in [5.74, 6) is -0.490. The number of rotatable bonds is 5. The summed E-state index contributed by atoms with van der Waals surface area (Å²) in [5.41, 5.74) is 3.35. The Balaban J connectivity index is 1.62. The van der Waals surface area contributed by atoms with E-state index in [1.807, 2.05) is 5.01 Å². The van der Waals surface area contributed by atoms with Gasteiger partial charge in [-0.05, 0) is 62.3 Å². The van der Waals surface area contributed by atoms with Crippen molar-refractivity contribution in [3.63, 3.8) is 0 Å². The number of benzene rings is 1. The number of hydrazine groups is 1. The van der Waals surface area contributed by atoms with Crippen LogP contribution in [0.15, 0.2) is 23.1 Å². The molecule has 2 heterocycles. The highest BCUT2D eigenvalue weighted by molar-refractivity contribution is 7.89. The van der Waals surface area contributed by atoms with Crippen LogP contribution in [0.3, 0.4) is 0 Å². The molecule has 0 aliphatic carbocycles. The van der Waals surface area contributed by atoms with Gasteiger partial charge in [-0.15, -0.1) is 0 Å². The molecule has 1 atom stereocenters. The Hall–Kier alpha value is -1.51. The average Bonchev–Trinajstić information content (AvgIpc) is 2.62. The van der Waals surface area contributed by atoms with Crippen LogP contribution in [-0.4, -0.2) is 49.8 Å². The maximum atomic E-state index is 13.3. The normalized spacial score (nSPS) is 22.5. The summed E-state index contributed by atoms with van der Waals surface area (Å²) in [7, 11) is -3.68. The second-order valence-electron chi connectivity index (χ2n) is 7.57. The zero-order chi connectivity index (χ0) is 19.4. The Labute approximate surface area is 160 Å². The zero-order valence-corrected chi connectivity index (χ0v) is 16.6. The van der Waals surface area contributed by atoms with Gasteiger partial charge in [-0.2, -0.15) is 4.31 Å². The number of carbonyl (C=O) groups is 1. The summed E-state index contributed by atoms with van der Waals surface area (Å²) in [5, 5.41) is 1.96. The van der Waals surface area contributed by atoms with Crippen LogP contribution in [0.1, 0.15) is 44.1 Å². The summed E-state index contributed by atoms with van der Waals surface area (Å²) in [6, 6.07) is 3.74. The first-order chi connectivity index (χ1) is 12.9. The average molecular weight is 398 g/mol. The Bertz CT molecular complexity index is 778. The van der Waals surface area contributed by atoms with Gasteiger partial charge in [0.05, 0.1) is 4.90 Å². The van der Waals surface area contributed by atoms with Crippen LogP contribution >= 0.6 is 0 Å². The summed E-state index contributed by atoms with van der Waals surface area (Å²) < 4.78 is 40.7. The van der Waals surface area contributed by atoms with E-state index >= 15 is 0 Å². The second-order valence-corrected chi connectivity index (χ2v) is 9.47. The molecule has 0 spiro atoms. The van der Waals surface area contributed by atoms with Gasteiger partial charge < -0.3 is 0 Å². The maximum Gasteiger partial charge on any atom is 0.243 e. The summed E-state index contributed by atoms with van der Waals surface area (Å²) in [6.45, 7) is 4.11. The third-order valence-corrected chi connectivity index (χ3v) is 7.37. The lowest BCUT2D eigenvalue weighted by Gasteiger charge is -2.33. The Morgan fingerprint density at radius 2 is 1.93 bits per heavy atom. The van der Waals surface area contributed by atoms with E-state index in [0.29, 0.717) is 25.1 Å². The van der Waals surface area contributed by atoms with Crippen molar-refractivity contribution in [2.45, 2.75) is 50.3 Å². The quantitative estimate of drug-likeness (QED) is 0.829. The number of nitrogens with one attached hydrogen (secondary N) is 1. The molecule has 6 nitrogen and oxygen atoms in total. The molecule has 0 bridgehead atoms. The highest BCUT2D eigenvalue weighted by atomic mass is 32.2. The van der Waals surface area contributed by atoms with Crippen LogP contribution in [0.25, 0.3) is 0 Å². The molecule has 27 heavy (non-hydrogen) atoms. The monoisotopic (exact) mass is 397 g/mol. The first-order valence-corrected chi connectivity index (χ1v) is 11.1. The minimum absolute atomic E-state index is 0.000861. The molecule has 2 aliphatic heterocycles. The molecule has 2 aliphatic rings. The molecule has 1 amide bonds.